The van der Waals surface area contributed by atoms with Gasteiger partial charge in [-0.15, -0.1) is 0 Å². The van der Waals surface area contributed by atoms with Gasteiger partial charge in [0.05, 0.1) is 6.26 Å². The van der Waals surface area contributed by atoms with Crippen LogP contribution in [0.25, 0.3) is 0 Å². The van der Waals surface area contributed by atoms with Gasteiger partial charge in [0, 0.05) is 12.1 Å². The Morgan fingerprint density at radius 3 is 2.44 bits per heavy atom. The van der Waals surface area contributed by atoms with Gasteiger partial charge in [-0.2, -0.15) is 0 Å². The van der Waals surface area contributed by atoms with E-state index in [9.17, 15) is 0 Å². The Hall–Kier alpha value is -0.500. The predicted octanol–water partition coefficient (Wildman–Crippen LogP) is 3.48. The lowest BCUT2D eigenvalue weighted by Crippen LogP contribution is -2.46. The van der Waals surface area contributed by atoms with Gasteiger partial charge >= 0.3 is 0 Å². The molecule has 0 aromatic rings. The van der Waals surface area contributed by atoms with E-state index >= 15 is 0 Å². The standard InChI is InChI=1S/C14H27NO/c1-13(2,3)11-14(4,5)15-10-12-8-6-7-9-16-12/h7,9,12,15H,6,8,10-11H2,1-5H3. The highest BCUT2D eigenvalue weighted by atomic mass is 16.5. The van der Waals surface area contributed by atoms with Crippen LogP contribution in [0, 0.1) is 5.41 Å². The van der Waals surface area contributed by atoms with Crippen molar-refractivity contribution in [1.29, 1.82) is 0 Å². The van der Waals surface area contributed by atoms with Crippen LogP contribution in [0.1, 0.15) is 53.9 Å². The third-order valence-corrected chi connectivity index (χ3v) is 2.80. The lowest BCUT2D eigenvalue weighted by molar-refractivity contribution is 0.108. The van der Waals surface area contributed by atoms with Gasteiger partial charge in [0.1, 0.15) is 6.10 Å². The molecular formula is C14H27NO. The maximum atomic E-state index is 5.56. The van der Waals surface area contributed by atoms with E-state index in [1.54, 1.807) is 0 Å². The van der Waals surface area contributed by atoms with Crippen LogP contribution in [0.15, 0.2) is 12.3 Å². The molecule has 1 N–H and O–H groups in total. The Balaban J connectivity index is 2.32. The fourth-order valence-electron chi connectivity index (χ4n) is 2.51. The smallest absolute Gasteiger partial charge is 0.110 e. The molecule has 0 saturated heterocycles. The molecule has 1 aliphatic heterocycles. The largest absolute Gasteiger partial charge is 0.497 e. The molecular weight excluding hydrogens is 198 g/mol. The van der Waals surface area contributed by atoms with E-state index in [1.165, 1.54) is 6.42 Å². The average Bonchev–Trinajstić information content (AvgIpc) is 2.13. The summed E-state index contributed by atoms with van der Waals surface area (Å²) in [6.07, 6.45) is 7.73. The quantitative estimate of drug-likeness (QED) is 0.791. The molecule has 0 bridgehead atoms. The fraction of sp³-hybridized carbons (Fsp3) is 0.857. The number of hydrogen-bond donors (Lipinski definition) is 1. The molecule has 0 fully saturated rings. The molecule has 0 saturated carbocycles. The average molecular weight is 225 g/mol. The van der Waals surface area contributed by atoms with Gasteiger partial charge in [-0.25, -0.2) is 0 Å². The third kappa shape index (κ3) is 5.55. The molecule has 1 heterocycles. The highest BCUT2D eigenvalue weighted by Crippen LogP contribution is 2.26. The van der Waals surface area contributed by atoms with Crippen LogP contribution in [0.4, 0.5) is 0 Å². The molecule has 0 aromatic carbocycles. The van der Waals surface area contributed by atoms with Gasteiger partial charge in [-0.05, 0) is 44.6 Å². The van der Waals surface area contributed by atoms with E-state index in [4.69, 9.17) is 4.74 Å². The van der Waals surface area contributed by atoms with Crippen molar-refractivity contribution in [3.05, 3.63) is 12.3 Å². The van der Waals surface area contributed by atoms with E-state index in [1.807, 2.05) is 6.26 Å². The molecule has 1 atom stereocenters. The van der Waals surface area contributed by atoms with Gasteiger partial charge < -0.3 is 10.1 Å². The van der Waals surface area contributed by atoms with Gasteiger partial charge in [0.15, 0.2) is 0 Å². The zero-order valence-corrected chi connectivity index (χ0v) is 11.5. The molecule has 2 heteroatoms. The van der Waals surface area contributed by atoms with Crippen molar-refractivity contribution in [2.45, 2.75) is 65.5 Å². The Kier molecular flexibility index (Phi) is 4.43. The molecule has 0 radical (unpaired) electrons. The summed E-state index contributed by atoms with van der Waals surface area (Å²) >= 11 is 0. The van der Waals surface area contributed by atoms with Crippen molar-refractivity contribution in [1.82, 2.24) is 5.32 Å². The Bertz CT molecular complexity index is 238. The van der Waals surface area contributed by atoms with Crippen molar-refractivity contribution in [2.75, 3.05) is 6.54 Å². The van der Waals surface area contributed by atoms with Crippen LogP contribution in [0.5, 0.6) is 0 Å². The first-order valence-electron chi connectivity index (χ1n) is 6.34. The van der Waals surface area contributed by atoms with E-state index in [0.717, 1.165) is 19.4 Å². The van der Waals surface area contributed by atoms with Crippen molar-refractivity contribution in [3.63, 3.8) is 0 Å². The summed E-state index contributed by atoms with van der Waals surface area (Å²) < 4.78 is 5.56. The SMILES string of the molecule is CC(C)(C)CC(C)(C)NCC1CCC=CO1. The summed E-state index contributed by atoms with van der Waals surface area (Å²) in [4.78, 5) is 0. The molecule has 0 aliphatic carbocycles. The molecule has 0 amide bonds. The number of allylic oxidation sites excluding steroid dienone is 1. The first-order valence-corrected chi connectivity index (χ1v) is 6.34. The van der Waals surface area contributed by atoms with Gasteiger partial charge in [-0.3, -0.25) is 0 Å². The zero-order chi connectivity index (χ0) is 12.2. The molecule has 94 valence electrons. The first-order chi connectivity index (χ1) is 7.29. The topological polar surface area (TPSA) is 21.3 Å². The van der Waals surface area contributed by atoms with Crippen molar-refractivity contribution >= 4 is 0 Å². The van der Waals surface area contributed by atoms with Gasteiger partial charge in [-0.1, -0.05) is 20.8 Å². The van der Waals surface area contributed by atoms with Crippen LogP contribution >= 0.6 is 0 Å². The maximum absolute atomic E-state index is 5.56. The summed E-state index contributed by atoms with van der Waals surface area (Å²) in [5.74, 6) is 0. The molecule has 1 unspecified atom stereocenters. The van der Waals surface area contributed by atoms with Crippen molar-refractivity contribution < 1.29 is 4.74 Å². The number of rotatable bonds is 4. The zero-order valence-electron chi connectivity index (χ0n) is 11.5. The Labute approximate surface area is 100 Å². The molecule has 2 nitrogen and oxygen atoms in total. The summed E-state index contributed by atoms with van der Waals surface area (Å²) in [7, 11) is 0. The summed E-state index contributed by atoms with van der Waals surface area (Å²) in [6.45, 7) is 12.4. The Morgan fingerprint density at radius 2 is 1.94 bits per heavy atom. The van der Waals surface area contributed by atoms with Gasteiger partial charge in [0.25, 0.3) is 0 Å². The van der Waals surface area contributed by atoms with Crippen molar-refractivity contribution in [2.24, 2.45) is 5.41 Å². The van der Waals surface area contributed by atoms with Crippen LogP contribution in [-0.2, 0) is 4.74 Å². The van der Waals surface area contributed by atoms with Crippen LogP contribution in [0.2, 0.25) is 0 Å². The Morgan fingerprint density at radius 1 is 1.25 bits per heavy atom. The number of hydrogen-bond acceptors (Lipinski definition) is 2. The third-order valence-electron chi connectivity index (χ3n) is 2.80. The lowest BCUT2D eigenvalue weighted by Gasteiger charge is -2.35. The summed E-state index contributed by atoms with van der Waals surface area (Å²) in [5.41, 5.74) is 0.548. The first kappa shape index (κ1) is 13.6. The number of ether oxygens (including phenoxy) is 1. The molecule has 0 aromatic heterocycles. The second-order valence-electron chi connectivity index (χ2n) is 6.71. The minimum Gasteiger partial charge on any atom is -0.497 e. The highest BCUT2D eigenvalue weighted by molar-refractivity contribution is 4.87. The predicted molar refractivity (Wildman–Crippen MR) is 69.4 cm³/mol. The van der Waals surface area contributed by atoms with Crippen LogP contribution in [0.3, 0.4) is 0 Å². The fourth-order valence-corrected chi connectivity index (χ4v) is 2.51. The normalized spacial score (nSPS) is 21.9. The van der Waals surface area contributed by atoms with E-state index in [-0.39, 0.29) is 5.54 Å². The second-order valence-corrected chi connectivity index (χ2v) is 6.71. The maximum Gasteiger partial charge on any atom is 0.110 e. The highest BCUT2D eigenvalue weighted by Gasteiger charge is 2.26. The second kappa shape index (κ2) is 5.22. The van der Waals surface area contributed by atoms with E-state index in [0.29, 0.717) is 11.5 Å². The van der Waals surface area contributed by atoms with E-state index < -0.39 is 0 Å². The minimum atomic E-state index is 0.183. The van der Waals surface area contributed by atoms with Gasteiger partial charge in [0.2, 0.25) is 0 Å². The minimum absolute atomic E-state index is 0.183. The monoisotopic (exact) mass is 225 g/mol. The molecule has 16 heavy (non-hydrogen) atoms. The van der Waals surface area contributed by atoms with Crippen molar-refractivity contribution in [3.8, 4) is 0 Å². The van der Waals surface area contributed by atoms with Crippen LogP contribution in [-0.4, -0.2) is 18.2 Å². The molecule has 0 spiro atoms. The molecule has 1 aliphatic rings. The lowest BCUT2D eigenvalue weighted by atomic mass is 9.81. The van der Waals surface area contributed by atoms with E-state index in [2.05, 4.69) is 46.0 Å². The molecule has 1 rings (SSSR count). The summed E-state index contributed by atoms with van der Waals surface area (Å²) in [5, 5.41) is 3.63. The summed E-state index contributed by atoms with van der Waals surface area (Å²) in [6, 6.07) is 0. The number of nitrogens with one attached hydrogen (secondary N) is 1. The van der Waals surface area contributed by atoms with Crippen LogP contribution < -0.4 is 5.32 Å².